The lowest BCUT2D eigenvalue weighted by Gasteiger charge is -2.29. The second-order valence-corrected chi connectivity index (χ2v) is 9.66. The zero-order valence-electron chi connectivity index (χ0n) is 17.0. The molecule has 0 aliphatic carbocycles. The Morgan fingerprint density at radius 1 is 1.21 bits per heavy atom. The summed E-state index contributed by atoms with van der Waals surface area (Å²) < 4.78 is 30.8. The molecule has 0 radical (unpaired) electrons. The SMILES string of the molecule is CC1CCN(CCNC(=O)c2nnc(-c3ccc(S(=O)(=O)N(C)C)cc3)o2)CC1. The average molecular weight is 422 g/mol. The average Bonchev–Trinajstić information content (AvgIpc) is 3.20. The first-order chi connectivity index (χ1) is 13.8. The summed E-state index contributed by atoms with van der Waals surface area (Å²) in [5, 5.41) is 10.5. The van der Waals surface area contributed by atoms with E-state index < -0.39 is 15.9 Å². The topological polar surface area (TPSA) is 109 Å². The second-order valence-electron chi connectivity index (χ2n) is 7.50. The van der Waals surface area contributed by atoms with E-state index in [4.69, 9.17) is 4.42 Å². The molecule has 0 bridgehead atoms. The fraction of sp³-hybridized carbons (Fsp3) is 0.526. The molecule has 9 nitrogen and oxygen atoms in total. The number of carbonyl (C=O) groups excluding carboxylic acids is 1. The van der Waals surface area contributed by atoms with Crippen LogP contribution < -0.4 is 5.32 Å². The number of likely N-dealkylation sites (tertiary alicyclic amines) is 1. The maximum absolute atomic E-state index is 12.2. The van der Waals surface area contributed by atoms with Crippen LogP contribution in [0.15, 0.2) is 33.6 Å². The van der Waals surface area contributed by atoms with Crippen molar-refractivity contribution in [1.29, 1.82) is 0 Å². The molecule has 1 fully saturated rings. The lowest BCUT2D eigenvalue weighted by atomic mass is 9.99. The van der Waals surface area contributed by atoms with E-state index >= 15 is 0 Å². The van der Waals surface area contributed by atoms with Gasteiger partial charge in [0.15, 0.2) is 0 Å². The van der Waals surface area contributed by atoms with E-state index in [2.05, 4.69) is 27.3 Å². The predicted octanol–water partition coefficient (Wildman–Crippen LogP) is 1.45. The number of sulfonamides is 1. The van der Waals surface area contributed by atoms with Crippen LogP contribution in [0.4, 0.5) is 0 Å². The molecule has 1 aromatic heterocycles. The van der Waals surface area contributed by atoms with Gasteiger partial charge in [0.1, 0.15) is 0 Å². The zero-order valence-corrected chi connectivity index (χ0v) is 17.8. The Bertz CT molecular complexity index is 932. The summed E-state index contributed by atoms with van der Waals surface area (Å²) in [6, 6.07) is 6.08. The molecule has 2 heterocycles. The van der Waals surface area contributed by atoms with Crippen molar-refractivity contribution in [3.8, 4) is 11.5 Å². The van der Waals surface area contributed by atoms with Crippen LogP contribution in [0, 0.1) is 5.92 Å². The molecule has 10 heteroatoms. The van der Waals surface area contributed by atoms with Crippen LogP contribution in [0.5, 0.6) is 0 Å². The van der Waals surface area contributed by atoms with Crippen molar-refractivity contribution in [3.05, 3.63) is 30.2 Å². The predicted molar refractivity (Wildman–Crippen MR) is 108 cm³/mol. The smallest absolute Gasteiger partial charge is 0.308 e. The molecule has 0 atom stereocenters. The maximum Gasteiger partial charge on any atom is 0.308 e. The van der Waals surface area contributed by atoms with Crippen molar-refractivity contribution < 1.29 is 17.6 Å². The van der Waals surface area contributed by atoms with E-state index in [0.29, 0.717) is 12.1 Å². The summed E-state index contributed by atoms with van der Waals surface area (Å²) in [5.74, 6) is 0.405. The monoisotopic (exact) mass is 421 g/mol. The molecule has 3 rings (SSSR count). The third-order valence-electron chi connectivity index (χ3n) is 5.09. The van der Waals surface area contributed by atoms with Crippen LogP contribution in [-0.4, -0.2) is 74.0 Å². The Kier molecular flexibility index (Phi) is 6.66. The number of carbonyl (C=O) groups is 1. The summed E-state index contributed by atoms with van der Waals surface area (Å²) in [5.41, 5.74) is 0.539. The lowest BCUT2D eigenvalue weighted by Crippen LogP contribution is -2.39. The van der Waals surface area contributed by atoms with Gasteiger partial charge in [-0.15, -0.1) is 10.2 Å². The Labute approximate surface area is 171 Å². The van der Waals surface area contributed by atoms with Gasteiger partial charge in [-0.05, 0) is 56.1 Å². The summed E-state index contributed by atoms with van der Waals surface area (Å²) in [7, 11) is -0.568. The van der Waals surface area contributed by atoms with Gasteiger partial charge in [0, 0.05) is 32.7 Å². The third-order valence-corrected chi connectivity index (χ3v) is 6.92. The van der Waals surface area contributed by atoms with Gasteiger partial charge >= 0.3 is 11.8 Å². The minimum atomic E-state index is -3.51. The first-order valence-electron chi connectivity index (χ1n) is 9.64. The van der Waals surface area contributed by atoms with Crippen LogP contribution in [0.1, 0.15) is 30.5 Å². The summed E-state index contributed by atoms with van der Waals surface area (Å²) >= 11 is 0. The number of hydrogen-bond donors (Lipinski definition) is 1. The van der Waals surface area contributed by atoms with Crippen LogP contribution in [0.2, 0.25) is 0 Å². The van der Waals surface area contributed by atoms with Gasteiger partial charge in [-0.2, -0.15) is 0 Å². The molecule has 0 saturated carbocycles. The molecule has 29 heavy (non-hydrogen) atoms. The molecule has 1 amide bonds. The van der Waals surface area contributed by atoms with Crippen molar-refractivity contribution >= 4 is 15.9 Å². The number of aromatic nitrogens is 2. The molecule has 1 saturated heterocycles. The molecule has 0 unspecified atom stereocenters. The lowest BCUT2D eigenvalue weighted by molar-refractivity contribution is 0.0910. The van der Waals surface area contributed by atoms with Gasteiger partial charge in [0.25, 0.3) is 0 Å². The van der Waals surface area contributed by atoms with Gasteiger partial charge in [-0.1, -0.05) is 6.92 Å². The van der Waals surface area contributed by atoms with E-state index in [0.717, 1.165) is 29.9 Å². The van der Waals surface area contributed by atoms with Gasteiger partial charge in [-0.3, -0.25) is 4.79 Å². The number of nitrogens with one attached hydrogen (secondary N) is 1. The van der Waals surface area contributed by atoms with E-state index in [1.54, 1.807) is 12.1 Å². The molecule has 1 aromatic carbocycles. The molecule has 1 N–H and O–H groups in total. The highest BCUT2D eigenvalue weighted by molar-refractivity contribution is 7.89. The molecule has 2 aromatic rings. The molecule has 1 aliphatic heterocycles. The first kappa shape index (κ1) is 21.4. The van der Waals surface area contributed by atoms with Crippen LogP contribution in [0.25, 0.3) is 11.5 Å². The van der Waals surface area contributed by atoms with Crippen LogP contribution in [0.3, 0.4) is 0 Å². The highest BCUT2D eigenvalue weighted by atomic mass is 32.2. The number of hydrogen-bond acceptors (Lipinski definition) is 7. The minimum Gasteiger partial charge on any atom is -0.412 e. The van der Waals surface area contributed by atoms with Crippen LogP contribution >= 0.6 is 0 Å². The molecule has 0 spiro atoms. The maximum atomic E-state index is 12.2. The third kappa shape index (κ3) is 5.20. The fourth-order valence-corrected chi connectivity index (χ4v) is 4.00. The fourth-order valence-electron chi connectivity index (χ4n) is 3.10. The molecular formula is C19H27N5O4S. The van der Waals surface area contributed by atoms with Crippen molar-refractivity contribution in [2.45, 2.75) is 24.7 Å². The number of piperidine rings is 1. The highest BCUT2D eigenvalue weighted by Crippen LogP contribution is 2.21. The Morgan fingerprint density at radius 2 is 1.86 bits per heavy atom. The Balaban J connectivity index is 1.56. The number of amides is 1. The summed E-state index contributed by atoms with van der Waals surface area (Å²) in [4.78, 5) is 14.7. The van der Waals surface area contributed by atoms with Crippen molar-refractivity contribution in [1.82, 2.24) is 24.7 Å². The van der Waals surface area contributed by atoms with Crippen molar-refractivity contribution in [3.63, 3.8) is 0 Å². The molecule has 1 aliphatic rings. The zero-order chi connectivity index (χ0) is 21.0. The van der Waals surface area contributed by atoms with Gasteiger partial charge in [0.05, 0.1) is 4.90 Å². The van der Waals surface area contributed by atoms with E-state index in [1.165, 1.54) is 39.1 Å². The Morgan fingerprint density at radius 3 is 2.48 bits per heavy atom. The minimum absolute atomic E-state index is 0.114. The summed E-state index contributed by atoms with van der Waals surface area (Å²) in [6.45, 7) is 5.69. The molecule has 158 valence electrons. The normalized spacial score (nSPS) is 16.3. The second kappa shape index (κ2) is 9.02. The van der Waals surface area contributed by atoms with E-state index in [-0.39, 0.29) is 16.7 Å². The number of nitrogens with zero attached hydrogens (tertiary/aromatic N) is 4. The largest absolute Gasteiger partial charge is 0.412 e. The van der Waals surface area contributed by atoms with Crippen molar-refractivity contribution in [2.24, 2.45) is 5.92 Å². The number of rotatable bonds is 7. The van der Waals surface area contributed by atoms with Gasteiger partial charge in [-0.25, -0.2) is 12.7 Å². The standard InChI is InChI=1S/C19H27N5O4S/c1-14-8-11-24(12-9-14)13-10-20-17(25)19-22-21-18(28-19)15-4-6-16(7-5-15)29(26,27)23(2)3/h4-7,14H,8-13H2,1-3H3,(H,20,25). The quantitative estimate of drug-likeness (QED) is 0.721. The van der Waals surface area contributed by atoms with Crippen LogP contribution in [-0.2, 0) is 10.0 Å². The van der Waals surface area contributed by atoms with Crippen molar-refractivity contribution in [2.75, 3.05) is 40.3 Å². The molecular weight excluding hydrogens is 394 g/mol. The first-order valence-corrected chi connectivity index (χ1v) is 11.1. The summed E-state index contributed by atoms with van der Waals surface area (Å²) in [6.07, 6.45) is 2.38. The van der Waals surface area contributed by atoms with Gasteiger partial charge in [0.2, 0.25) is 15.9 Å². The Hall–Kier alpha value is -2.30. The van der Waals surface area contributed by atoms with Gasteiger partial charge < -0.3 is 14.6 Å². The highest BCUT2D eigenvalue weighted by Gasteiger charge is 2.20. The van der Waals surface area contributed by atoms with E-state index in [9.17, 15) is 13.2 Å². The van der Waals surface area contributed by atoms with E-state index in [1.807, 2.05) is 0 Å². The number of benzene rings is 1.